The molecule has 19 heavy (non-hydrogen) atoms. The molecule has 4 N–H and O–H groups in total. The average Bonchev–Trinajstić information content (AvgIpc) is 2.95. The molecule has 0 aliphatic carbocycles. The Morgan fingerprint density at radius 3 is 2.89 bits per heavy atom. The number of fused-ring (bicyclic) bond motifs is 1. The first-order valence-electron chi connectivity index (χ1n) is 6.03. The van der Waals surface area contributed by atoms with Gasteiger partial charge >= 0.3 is 0 Å². The van der Waals surface area contributed by atoms with Gasteiger partial charge in [0.2, 0.25) is 10.0 Å². The third kappa shape index (κ3) is 1.99. The molecular formula is C12H15N3O3S. The molecule has 0 unspecified atom stereocenters. The van der Waals surface area contributed by atoms with Gasteiger partial charge in [0.1, 0.15) is 4.90 Å². The van der Waals surface area contributed by atoms with Crippen LogP contribution in [-0.4, -0.2) is 42.0 Å². The van der Waals surface area contributed by atoms with Crippen LogP contribution in [-0.2, 0) is 10.0 Å². The SMILES string of the molecule is Nc1ccc2c(S(=O)(=O)N3CC[C@H](O)C3)c[nH]c2c1. The summed E-state index contributed by atoms with van der Waals surface area (Å²) in [4.78, 5) is 3.15. The lowest BCUT2D eigenvalue weighted by Crippen LogP contribution is -2.29. The molecule has 0 bridgehead atoms. The number of nitrogens with two attached hydrogens (primary N) is 1. The summed E-state index contributed by atoms with van der Waals surface area (Å²) in [7, 11) is -3.57. The van der Waals surface area contributed by atoms with E-state index in [1.54, 1.807) is 18.2 Å². The Bertz CT molecular complexity index is 723. The zero-order chi connectivity index (χ0) is 13.6. The third-order valence-corrected chi connectivity index (χ3v) is 5.32. The van der Waals surface area contributed by atoms with Gasteiger partial charge in [-0.3, -0.25) is 0 Å². The van der Waals surface area contributed by atoms with E-state index in [-0.39, 0.29) is 11.4 Å². The summed E-state index contributed by atoms with van der Waals surface area (Å²) < 4.78 is 26.3. The highest BCUT2D eigenvalue weighted by atomic mass is 32.2. The molecule has 7 heteroatoms. The quantitative estimate of drug-likeness (QED) is 0.698. The van der Waals surface area contributed by atoms with Crippen molar-refractivity contribution in [3.05, 3.63) is 24.4 Å². The van der Waals surface area contributed by atoms with Gasteiger partial charge in [-0.1, -0.05) is 0 Å². The van der Waals surface area contributed by atoms with Crippen molar-refractivity contribution in [1.29, 1.82) is 0 Å². The van der Waals surface area contributed by atoms with E-state index in [1.807, 2.05) is 0 Å². The molecule has 6 nitrogen and oxygen atoms in total. The number of β-amino-alcohol motifs (C(OH)–C–C–N with tert-alkyl or cyclic N) is 1. The minimum atomic E-state index is -3.57. The first-order chi connectivity index (χ1) is 8.98. The predicted octanol–water partition coefficient (Wildman–Crippen LogP) is 0.505. The number of aromatic nitrogens is 1. The standard InChI is InChI=1S/C12H15N3O3S/c13-8-1-2-10-11(5-8)14-6-12(10)19(17,18)15-4-3-9(16)7-15/h1-2,5-6,9,14,16H,3-4,7,13H2/t9-/m0/s1. The van der Waals surface area contributed by atoms with Crippen LogP contribution in [0.4, 0.5) is 5.69 Å². The van der Waals surface area contributed by atoms with Crippen molar-refractivity contribution in [3.63, 3.8) is 0 Å². The zero-order valence-corrected chi connectivity index (χ0v) is 11.0. The second-order valence-electron chi connectivity index (χ2n) is 4.76. The molecule has 0 radical (unpaired) electrons. The van der Waals surface area contributed by atoms with Crippen molar-refractivity contribution in [2.75, 3.05) is 18.8 Å². The van der Waals surface area contributed by atoms with Gasteiger partial charge in [-0.25, -0.2) is 8.42 Å². The molecule has 1 atom stereocenters. The van der Waals surface area contributed by atoms with Crippen LogP contribution in [0.3, 0.4) is 0 Å². The zero-order valence-electron chi connectivity index (χ0n) is 10.2. The summed E-state index contributed by atoms with van der Waals surface area (Å²) in [5, 5.41) is 10.1. The van der Waals surface area contributed by atoms with Crippen LogP contribution in [0.15, 0.2) is 29.3 Å². The average molecular weight is 281 g/mol. The lowest BCUT2D eigenvalue weighted by atomic mass is 10.2. The maximum Gasteiger partial charge on any atom is 0.245 e. The van der Waals surface area contributed by atoms with Gasteiger partial charge in [-0.15, -0.1) is 0 Å². The molecule has 102 valence electrons. The highest BCUT2D eigenvalue weighted by molar-refractivity contribution is 7.89. The molecule has 0 saturated carbocycles. The summed E-state index contributed by atoms with van der Waals surface area (Å²) in [6.07, 6.45) is 1.38. The number of aromatic amines is 1. The molecule has 1 aromatic heterocycles. The summed E-state index contributed by atoms with van der Waals surface area (Å²) in [5.41, 5.74) is 6.94. The van der Waals surface area contributed by atoms with Gasteiger partial charge in [0.25, 0.3) is 0 Å². The fourth-order valence-corrected chi connectivity index (χ4v) is 4.05. The number of aliphatic hydroxyl groups excluding tert-OH is 1. The summed E-state index contributed by atoms with van der Waals surface area (Å²) in [6.45, 7) is 0.509. The number of nitrogens with one attached hydrogen (secondary N) is 1. The molecule has 1 fully saturated rings. The highest BCUT2D eigenvalue weighted by Crippen LogP contribution is 2.28. The Labute approximate surface area is 110 Å². The Hall–Kier alpha value is -1.57. The number of nitrogen functional groups attached to an aromatic ring is 1. The largest absolute Gasteiger partial charge is 0.399 e. The molecule has 1 saturated heterocycles. The topological polar surface area (TPSA) is 99.4 Å². The van der Waals surface area contributed by atoms with E-state index in [0.717, 1.165) is 0 Å². The molecule has 2 heterocycles. The van der Waals surface area contributed by atoms with Gasteiger partial charge in [0.15, 0.2) is 0 Å². The predicted molar refractivity (Wildman–Crippen MR) is 72.1 cm³/mol. The van der Waals surface area contributed by atoms with Crippen molar-refractivity contribution in [2.24, 2.45) is 0 Å². The number of aliphatic hydroxyl groups is 1. The fourth-order valence-electron chi connectivity index (χ4n) is 2.40. The van der Waals surface area contributed by atoms with E-state index in [9.17, 15) is 13.5 Å². The molecule has 3 rings (SSSR count). The minimum Gasteiger partial charge on any atom is -0.399 e. The van der Waals surface area contributed by atoms with Crippen LogP contribution in [0.5, 0.6) is 0 Å². The number of H-pyrrole nitrogens is 1. The van der Waals surface area contributed by atoms with Crippen LogP contribution in [0.1, 0.15) is 6.42 Å². The van der Waals surface area contributed by atoms with Crippen LogP contribution in [0.25, 0.3) is 10.9 Å². The van der Waals surface area contributed by atoms with Crippen LogP contribution in [0, 0.1) is 0 Å². The number of hydrogen-bond acceptors (Lipinski definition) is 4. The van der Waals surface area contributed by atoms with Crippen molar-refractivity contribution in [2.45, 2.75) is 17.4 Å². The van der Waals surface area contributed by atoms with Crippen molar-refractivity contribution < 1.29 is 13.5 Å². The summed E-state index contributed by atoms with van der Waals surface area (Å²) in [6, 6.07) is 5.07. The molecule has 0 amide bonds. The number of sulfonamides is 1. The molecule has 0 spiro atoms. The van der Waals surface area contributed by atoms with E-state index in [4.69, 9.17) is 5.73 Å². The van der Waals surface area contributed by atoms with Gasteiger partial charge in [-0.2, -0.15) is 4.31 Å². The molecule has 1 aliphatic rings. The van der Waals surface area contributed by atoms with E-state index in [2.05, 4.69) is 4.98 Å². The highest BCUT2D eigenvalue weighted by Gasteiger charge is 2.33. The molecule has 1 aromatic carbocycles. The van der Waals surface area contributed by atoms with Gasteiger partial charge < -0.3 is 15.8 Å². The number of anilines is 1. The van der Waals surface area contributed by atoms with Gasteiger partial charge in [0, 0.05) is 35.9 Å². The normalized spacial score (nSPS) is 21.2. The fraction of sp³-hybridized carbons (Fsp3) is 0.333. The van der Waals surface area contributed by atoms with E-state index in [0.29, 0.717) is 29.6 Å². The second kappa shape index (κ2) is 4.22. The Morgan fingerprint density at radius 2 is 2.21 bits per heavy atom. The lowest BCUT2D eigenvalue weighted by Gasteiger charge is -2.14. The van der Waals surface area contributed by atoms with E-state index >= 15 is 0 Å². The van der Waals surface area contributed by atoms with Gasteiger partial charge in [-0.05, 0) is 24.6 Å². The smallest absolute Gasteiger partial charge is 0.245 e. The van der Waals surface area contributed by atoms with Crippen molar-refractivity contribution in [3.8, 4) is 0 Å². The molecular weight excluding hydrogens is 266 g/mol. The van der Waals surface area contributed by atoms with Crippen molar-refractivity contribution in [1.82, 2.24) is 9.29 Å². The summed E-state index contributed by atoms with van der Waals surface area (Å²) >= 11 is 0. The third-order valence-electron chi connectivity index (χ3n) is 3.41. The first kappa shape index (κ1) is 12.5. The molecule has 1 aliphatic heterocycles. The van der Waals surface area contributed by atoms with E-state index < -0.39 is 16.1 Å². The molecule has 2 aromatic rings. The van der Waals surface area contributed by atoms with Gasteiger partial charge in [0.05, 0.1) is 6.10 Å². The van der Waals surface area contributed by atoms with Crippen LogP contribution in [0.2, 0.25) is 0 Å². The Morgan fingerprint density at radius 1 is 1.42 bits per heavy atom. The second-order valence-corrected chi connectivity index (χ2v) is 6.67. The van der Waals surface area contributed by atoms with Crippen LogP contribution >= 0.6 is 0 Å². The summed E-state index contributed by atoms with van der Waals surface area (Å²) in [5.74, 6) is 0. The number of hydrogen-bond donors (Lipinski definition) is 3. The Balaban J connectivity index is 2.09. The monoisotopic (exact) mass is 281 g/mol. The maximum absolute atomic E-state index is 12.5. The number of rotatable bonds is 2. The maximum atomic E-state index is 12.5. The number of benzene rings is 1. The van der Waals surface area contributed by atoms with E-state index in [1.165, 1.54) is 10.5 Å². The lowest BCUT2D eigenvalue weighted by molar-refractivity contribution is 0.189. The first-order valence-corrected chi connectivity index (χ1v) is 7.47. The minimum absolute atomic E-state index is 0.157. The number of nitrogens with zero attached hydrogens (tertiary/aromatic N) is 1. The van der Waals surface area contributed by atoms with Crippen molar-refractivity contribution >= 4 is 26.6 Å². The Kier molecular flexibility index (Phi) is 2.77. The van der Waals surface area contributed by atoms with Crippen LogP contribution < -0.4 is 5.73 Å².